The molecule has 2 unspecified atom stereocenters. The molecule has 0 radical (unpaired) electrons. The molecular formula is C18H24ClN3. The van der Waals surface area contributed by atoms with Gasteiger partial charge in [-0.2, -0.15) is 0 Å². The molecule has 2 N–H and O–H groups in total. The Kier molecular flexibility index (Phi) is 3.89. The first-order valence-corrected chi connectivity index (χ1v) is 8.79. The summed E-state index contributed by atoms with van der Waals surface area (Å²) in [5.41, 5.74) is 2.38. The van der Waals surface area contributed by atoms with Gasteiger partial charge in [0.2, 0.25) is 0 Å². The minimum atomic E-state index is 0.654. The van der Waals surface area contributed by atoms with Crippen LogP contribution in [0.1, 0.15) is 37.8 Å². The Balaban J connectivity index is 1.41. The zero-order valence-corrected chi connectivity index (χ0v) is 13.9. The van der Waals surface area contributed by atoms with Gasteiger partial charge < -0.3 is 15.2 Å². The maximum absolute atomic E-state index is 6.05. The molecule has 2 saturated heterocycles. The summed E-state index contributed by atoms with van der Waals surface area (Å²) in [6, 6.07) is 10.5. The van der Waals surface area contributed by atoms with Crippen LogP contribution < -0.4 is 5.32 Å². The van der Waals surface area contributed by atoms with Gasteiger partial charge in [-0.25, -0.2) is 0 Å². The van der Waals surface area contributed by atoms with Gasteiger partial charge in [0.05, 0.1) is 0 Å². The van der Waals surface area contributed by atoms with Crippen LogP contribution >= 0.6 is 11.6 Å². The molecule has 0 amide bonds. The number of piperidine rings is 2. The molecule has 0 aliphatic carbocycles. The fourth-order valence-corrected chi connectivity index (χ4v) is 4.46. The van der Waals surface area contributed by atoms with Crippen molar-refractivity contribution in [2.75, 3.05) is 7.05 Å². The first-order valence-electron chi connectivity index (χ1n) is 8.41. The van der Waals surface area contributed by atoms with Crippen LogP contribution in [0.4, 0.5) is 0 Å². The molecule has 0 saturated carbocycles. The molecule has 4 rings (SSSR count). The number of benzene rings is 1. The van der Waals surface area contributed by atoms with E-state index in [0.29, 0.717) is 6.04 Å². The number of halogens is 1. The smallest absolute Gasteiger partial charge is 0.0471 e. The van der Waals surface area contributed by atoms with Crippen molar-refractivity contribution < 1.29 is 0 Å². The highest BCUT2D eigenvalue weighted by Gasteiger charge is 2.35. The Morgan fingerprint density at radius 1 is 1.23 bits per heavy atom. The molecule has 4 heteroatoms. The molecule has 22 heavy (non-hydrogen) atoms. The zero-order chi connectivity index (χ0) is 15.1. The molecule has 2 aliphatic heterocycles. The van der Waals surface area contributed by atoms with Gasteiger partial charge in [-0.05, 0) is 56.3 Å². The van der Waals surface area contributed by atoms with Gasteiger partial charge in [-0.1, -0.05) is 24.1 Å². The van der Waals surface area contributed by atoms with E-state index < -0.39 is 0 Å². The summed E-state index contributed by atoms with van der Waals surface area (Å²) < 4.78 is 0. The van der Waals surface area contributed by atoms with Crippen molar-refractivity contribution in [3.05, 3.63) is 35.0 Å². The number of nitrogens with zero attached hydrogens (tertiary/aromatic N) is 1. The average molecular weight is 318 g/mol. The minimum Gasteiger partial charge on any atom is -0.357 e. The first kappa shape index (κ1) is 14.6. The Labute approximate surface area is 137 Å². The van der Waals surface area contributed by atoms with E-state index in [1.165, 1.54) is 43.2 Å². The highest BCUT2D eigenvalue weighted by Crippen LogP contribution is 2.32. The Bertz CT molecular complexity index is 651. The van der Waals surface area contributed by atoms with E-state index in [4.69, 9.17) is 11.6 Å². The van der Waals surface area contributed by atoms with E-state index in [9.17, 15) is 0 Å². The van der Waals surface area contributed by atoms with Crippen molar-refractivity contribution in [1.82, 2.24) is 15.2 Å². The number of aromatic nitrogens is 1. The normalized spacial score (nSPS) is 29.1. The number of hydrogen-bond donors (Lipinski definition) is 2. The summed E-state index contributed by atoms with van der Waals surface area (Å²) >= 11 is 6.05. The second-order valence-electron chi connectivity index (χ2n) is 6.98. The van der Waals surface area contributed by atoms with Gasteiger partial charge in [0.1, 0.15) is 0 Å². The van der Waals surface area contributed by atoms with Gasteiger partial charge in [-0.15, -0.1) is 0 Å². The van der Waals surface area contributed by atoms with E-state index in [-0.39, 0.29) is 0 Å². The molecule has 1 aromatic heterocycles. The van der Waals surface area contributed by atoms with Crippen LogP contribution in [0.3, 0.4) is 0 Å². The molecule has 0 spiro atoms. The molecule has 1 aromatic carbocycles. The lowest BCUT2D eigenvalue weighted by molar-refractivity contribution is 0.0482. The molecular weight excluding hydrogens is 294 g/mol. The Hall–Kier alpha value is -1.03. The van der Waals surface area contributed by atoms with Crippen LogP contribution in [0, 0.1) is 0 Å². The highest BCUT2D eigenvalue weighted by molar-refractivity contribution is 6.31. The number of rotatable bonds is 3. The molecule has 2 fully saturated rings. The lowest BCUT2D eigenvalue weighted by atomic mass is 9.82. The summed E-state index contributed by atoms with van der Waals surface area (Å²) in [5.74, 6) is 0. The van der Waals surface area contributed by atoms with Crippen molar-refractivity contribution in [2.24, 2.45) is 0 Å². The quantitative estimate of drug-likeness (QED) is 0.898. The predicted octanol–water partition coefficient (Wildman–Crippen LogP) is 3.93. The third-order valence-electron chi connectivity index (χ3n) is 5.56. The second-order valence-corrected chi connectivity index (χ2v) is 7.42. The molecule has 3 nitrogen and oxygen atoms in total. The summed E-state index contributed by atoms with van der Waals surface area (Å²) in [6.07, 6.45) is 6.74. The highest BCUT2D eigenvalue weighted by atomic mass is 35.5. The summed E-state index contributed by atoms with van der Waals surface area (Å²) in [7, 11) is 2.31. The minimum absolute atomic E-state index is 0.654. The number of aromatic amines is 1. The van der Waals surface area contributed by atoms with E-state index in [1.807, 2.05) is 12.1 Å². The van der Waals surface area contributed by atoms with E-state index in [1.54, 1.807) is 0 Å². The van der Waals surface area contributed by atoms with Crippen LogP contribution in [0.15, 0.2) is 24.3 Å². The van der Waals surface area contributed by atoms with Gasteiger partial charge in [0, 0.05) is 40.9 Å². The number of hydrogen-bond acceptors (Lipinski definition) is 2. The average Bonchev–Trinajstić information content (AvgIpc) is 2.87. The monoisotopic (exact) mass is 317 g/mol. The Morgan fingerprint density at radius 2 is 2.00 bits per heavy atom. The maximum Gasteiger partial charge on any atom is 0.0471 e. The predicted molar refractivity (Wildman–Crippen MR) is 92.4 cm³/mol. The second kappa shape index (κ2) is 5.88. The lowest BCUT2D eigenvalue weighted by Gasteiger charge is -2.47. The molecule has 3 heterocycles. The molecule has 118 valence electrons. The van der Waals surface area contributed by atoms with Crippen LogP contribution in [-0.4, -0.2) is 35.1 Å². The summed E-state index contributed by atoms with van der Waals surface area (Å²) in [4.78, 5) is 6.10. The number of fused-ring (bicyclic) bond motifs is 3. The van der Waals surface area contributed by atoms with Crippen LogP contribution in [0.5, 0.6) is 0 Å². The molecule has 2 aromatic rings. The van der Waals surface area contributed by atoms with Crippen molar-refractivity contribution in [1.29, 1.82) is 0 Å². The fourth-order valence-electron chi connectivity index (χ4n) is 4.29. The van der Waals surface area contributed by atoms with E-state index >= 15 is 0 Å². The van der Waals surface area contributed by atoms with Gasteiger partial charge in [0.15, 0.2) is 0 Å². The third kappa shape index (κ3) is 2.78. The molecule has 2 bridgehead atoms. The lowest BCUT2D eigenvalue weighted by Crippen LogP contribution is -2.54. The van der Waals surface area contributed by atoms with Crippen LogP contribution in [0.25, 0.3) is 10.9 Å². The largest absolute Gasteiger partial charge is 0.357 e. The fraction of sp³-hybridized carbons (Fsp3) is 0.556. The van der Waals surface area contributed by atoms with Crippen LogP contribution in [0.2, 0.25) is 5.02 Å². The topological polar surface area (TPSA) is 31.1 Å². The third-order valence-corrected chi connectivity index (χ3v) is 5.80. The van der Waals surface area contributed by atoms with Gasteiger partial charge >= 0.3 is 0 Å². The standard InChI is InChI=1S/C18H24ClN3/c1-22-16-3-2-4-17(22)10-14(9-16)20-11-15-7-12-5-6-13(19)8-18(12)21-15/h5-8,14,16-17,20-21H,2-4,9-11H2,1H3. The SMILES string of the molecule is CN1C2CCCC1CC(NCc1cc3ccc(Cl)cc3[nH]1)C2. The van der Waals surface area contributed by atoms with Crippen molar-refractivity contribution >= 4 is 22.5 Å². The van der Waals surface area contributed by atoms with Crippen molar-refractivity contribution in [3.63, 3.8) is 0 Å². The number of H-pyrrole nitrogens is 1. The van der Waals surface area contributed by atoms with Crippen molar-refractivity contribution in [3.8, 4) is 0 Å². The van der Waals surface area contributed by atoms with E-state index in [2.05, 4.69) is 34.4 Å². The maximum atomic E-state index is 6.05. The van der Waals surface area contributed by atoms with Crippen LogP contribution in [-0.2, 0) is 6.54 Å². The zero-order valence-electron chi connectivity index (χ0n) is 13.1. The van der Waals surface area contributed by atoms with Crippen molar-refractivity contribution in [2.45, 2.75) is 56.8 Å². The molecule has 2 atom stereocenters. The van der Waals surface area contributed by atoms with Gasteiger partial charge in [-0.3, -0.25) is 0 Å². The van der Waals surface area contributed by atoms with Gasteiger partial charge in [0.25, 0.3) is 0 Å². The first-order chi connectivity index (χ1) is 10.7. The summed E-state index contributed by atoms with van der Waals surface area (Å²) in [5, 5.41) is 5.80. The Morgan fingerprint density at radius 3 is 2.77 bits per heavy atom. The number of nitrogens with one attached hydrogen (secondary N) is 2. The van der Waals surface area contributed by atoms with E-state index in [0.717, 1.165) is 29.2 Å². The molecule has 2 aliphatic rings. The summed E-state index contributed by atoms with van der Waals surface area (Å²) in [6.45, 7) is 0.917.